The highest BCUT2D eigenvalue weighted by atomic mass is 35.5. The Morgan fingerprint density at radius 3 is 2.72 bits per heavy atom. The molecule has 1 aliphatic rings. The van der Waals surface area contributed by atoms with Gasteiger partial charge in [0.2, 0.25) is 0 Å². The molecule has 0 unspecified atom stereocenters. The summed E-state index contributed by atoms with van der Waals surface area (Å²) < 4.78 is 13.1. The van der Waals surface area contributed by atoms with Crippen molar-refractivity contribution in [2.24, 2.45) is 0 Å². The van der Waals surface area contributed by atoms with Crippen LogP contribution in [-0.4, -0.2) is 29.0 Å². The van der Waals surface area contributed by atoms with Gasteiger partial charge in [0.25, 0.3) is 5.91 Å². The number of anilines is 1. The van der Waals surface area contributed by atoms with Crippen molar-refractivity contribution in [3.63, 3.8) is 0 Å². The zero-order valence-electron chi connectivity index (χ0n) is 14.1. The maximum absolute atomic E-state index is 13.1. The number of nitrogens with zero attached hydrogens (tertiary/aromatic N) is 3. The lowest BCUT2D eigenvalue weighted by molar-refractivity contribution is 0.0950. The molecular formula is C18H20ClFN4O. The van der Waals surface area contributed by atoms with Crippen LogP contribution in [0, 0.1) is 12.7 Å². The van der Waals surface area contributed by atoms with Gasteiger partial charge in [-0.05, 0) is 44.4 Å². The number of hydrogen-bond donors (Lipinski definition) is 1. The molecule has 0 radical (unpaired) electrons. The van der Waals surface area contributed by atoms with Gasteiger partial charge < -0.3 is 10.2 Å². The van der Waals surface area contributed by atoms with E-state index in [9.17, 15) is 9.18 Å². The summed E-state index contributed by atoms with van der Waals surface area (Å²) in [4.78, 5) is 23.4. The molecule has 1 amide bonds. The van der Waals surface area contributed by atoms with Crippen molar-refractivity contribution in [2.75, 3.05) is 18.0 Å². The van der Waals surface area contributed by atoms with Crippen molar-refractivity contribution in [3.8, 4) is 0 Å². The van der Waals surface area contributed by atoms with Crippen LogP contribution in [0.5, 0.6) is 0 Å². The topological polar surface area (TPSA) is 58.1 Å². The van der Waals surface area contributed by atoms with Crippen LogP contribution < -0.4 is 10.2 Å². The smallest absolute Gasteiger partial charge is 0.253 e. The first kappa shape index (κ1) is 17.6. The number of carbonyl (C=O) groups excluding carboxylic acids is 1. The Labute approximate surface area is 151 Å². The monoisotopic (exact) mass is 362 g/mol. The van der Waals surface area contributed by atoms with Gasteiger partial charge >= 0.3 is 0 Å². The molecule has 1 aliphatic heterocycles. The standard InChI is InChI=1S/C18H20ClFN4O/c1-12-9-17(24-7-3-2-4-8-24)23-16(22-12)11-21-18(25)14-6-5-13(20)10-15(14)19/h5-6,9-10H,2-4,7-8,11H2,1H3,(H,21,25). The number of carbonyl (C=O) groups is 1. The van der Waals surface area contributed by atoms with E-state index in [1.807, 2.05) is 13.0 Å². The Kier molecular flexibility index (Phi) is 5.48. The molecule has 132 valence electrons. The minimum Gasteiger partial charge on any atom is -0.357 e. The van der Waals surface area contributed by atoms with Gasteiger partial charge in [0.1, 0.15) is 17.5 Å². The highest BCUT2D eigenvalue weighted by Crippen LogP contribution is 2.19. The van der Waals surface area contributed by atoms with Gasteiger partial charge in [0.05, 0.1) is 17.1 Å². The molecule has 1 aromatic carbocycles. The SMILES string of the molecule is Cc1cc(N2CCCCC2)nc(CNC(=O)c2ccc(F)cc2Cl)n1. The first-order chi connectivity index (χ1) is 12.0. The third kappa shape index (κ3) is 4.45. The molecular weight excluding hydrogens is 343 g/mol. The van der Waals surface area contributed by atoms with Crippen LogP contribution in [0.15, 0.2) is 24.3 Å². The molecule has 1 aromatic heterocycles. The van der Waals surface area contributed by atoms with Gasteiger partial charge in [-0.2, -0.15) is 0 Å². The molecule has 1 saturated heterocycles. The maximum atomic E-state index is 13.1. The number of nitrogens with one attached hydrogen (secondary N) is 1. The van der Waals surface area contributed by atoms with E-state index in [2.05, 4.69) is 20.2 Å². The number of rotatable bonds is 4. The minimum absolute atomic E-state index is 0.0802. The van der Waals surface area contributed by atoms with Crippen molar-refractivity contribution < 1.29 is 9.18 Å². The number of amides is 1. The van der Waals surface area contributed by atoms with Crippen molar-refractivity contribution in [1.82, 2.24) is 15.3 Å². The van der Waals surface area contributed by atoms with Crippen LogP contribution in [0.4, 0.5) is 10.2 Å². The van der Waals surface area contributed by atoms with Crippen LogP contribution >= 0.6 is 11.6 Å². The van der Waals surface area contributed by atoms with Gasteiger partial charge in [0.15, 0.2) is 0 Å². The van der Waals surface area contributed by atoms with E-state index >= 15 is 0 Å². The number of hydrogen-bond acceptors (Lipinski definition) is 4. The molecule has 2 heterocycles. The molecule has 3 rings (SSSR count). The molecule has 5 nitrogen and oxygen atoms in total. The summed E-state index contributed by atoms with van der Waals surface area (Å²) in [6.45, 7) is 4.09. The number of benzene rings is 1. The summed E-state index contributed by atoms with van der Waals surface area (Å²) in [6, 6.07) is 5.66. The van der Waals surface area contributed by atoms with Crippen LogP contribution in [0.3, 0.4) is 0 Å². The van der Waals surface area contributed by atoms with Gasteiger partial charge in [-0.3, -0.25) is 4.79 Å². The normalized spacial score (nSPS) is 14.4. The second kappa shape index (κ2) is 7.78. The van der Waals surface area contributed by atoms with E-state index in [1.54, 1.807) is 0 Å². The van der Waals surface area contributed by atoms with Gasteiger partial charge in [0, 0.05) is 24.8 Å². The Bertz CT molecular complexity index is 778. The van der Waals surface area contributed by atoms with Gasteiger partial charge in [-0.25, -0.2) is 14.4 Å². The summed E-state index contributed by atoms with van der Waals surface area (Å²) in [5, 5.41) is 2.82. The molecule has 1 fully saturated rings. The molecule has 0 spiro atoms. The Morgan fingerprint density at radius 2 is 2.00 bits per heavy atom. The van der Waals surface area contributed by atoms with E-state index in [1.165, 1.54) is 18.6 Å². The van der Waals surface area contributed by atoms with Gasteiger partial charge in [-0.1, -0.05) is 11.6 Å². The summed E-state index contributed by atoms with van der Waals surface area (Å²) >= 11 is 5.92. The Hall–Kier alpha value is -2.21. The Morgan fingerprint density at radius 1 is 1.24 bits per heavy atom. The number of aryl methyl sites for hydroxylation is 1. The van der Waals surface area contributed by atoms with E-state index in [4.69, 9.17) is 11.6 Å². The summed E-state index contributed by atoms with van der Waals surface area (Å²) in [5.41, 5.74) is 1.09. The quantitative estimate of drug-likeness (QED) is 0.904. The van der Waals surface area contributed by atoms with Crippen molar-refractivity contribution in [2.45, 2.75) is 32.7 Å². The predicted molar refractivity (Wildman–Crippen MR) is 95.4 cm³/mol. The second-order valence-electron chi connectivity index (χ2n) is 6.14. The third-order valence-corrected chi connectivity index (χ3v) is 4.46. The van der Waals surface area contributed by atoms with Crippen LogP contribution in [0.25, 0.3) is 0 Å². The maximum Gasteiger partial charge on any atom is 0.253 e. The van der Waals surface area contributed by atoms with Crippen LogP contribution in [-0.2, 0) is 6.54 Å². The lowest BCUT2D eigenvalue weighted by atomic mass is 10.1. The first-order valence-corrected chi connectivity index (χ1v) is 8.73. The highest BCUT2D eigenvalue weighted by Gasteiger charge is 2.15. The molecule has 7 heteroatoms. The minimum atomic E-state index is -0.477. The average Bonchev–Trinajstić information content (AvgIpc) is 2.60. The highest BCUT2D eigenvalue weighted by molar-refractivity contribution is 6.33. The van der Waals surface area contributed by atoms with E-state index in [0.29, 0.717) is 5.82 Å². The molecule has 2 aromatic rings. The summed E-state index contributed by atoms with van der Waals surface area (Å²) in [7, 11) is 0. The summed E-state index contributed by atoms with van der Waals surface area (Å²) in [6.07, 6.45) is 3.58. The fourth-order valence-corrected chi connectivity index (χ4v) is 3.16. The summed E-state index contributed by atoms with van der Waals surface area (Å²) in [5.74, 6) is 0.591. The van der Waals surface area contributed by atoms with Crippen molar-refractivity contribution in [1.29, 1.82) is 0 Å². The second-order valence-corrected chi connectivity index (χ2v) is 6.55. The number of piperidine rings is 1. The zero-order chi connectivity index (χ0) is 17.8. The molecule has 0 saturated carbocycles. The number of halogens is 2. The molecule has 1 N–H and O–H groups in total. The zero-order valence-corrected chi connectivity index (χ0v) is 14.8. The van der Waals surface area contributed by atoms with Gasteiger partial charge in [-0.15, -0.1) is 0 Å². The van der Waals surface area contributed by atoms with E-state index in [-0.39, 0.29) is 23.0 Å². The lowest BCUT2D eigenvalue weighted by Crippen LogP contribution is -2.31. The molecule has 0 bridgehead atoms. The average molecular weight is 363 g/mol. The van der Waals surface area contributed by atoms with E-state index in [0.717, 1.165) is 43.5 Å². The molecule has 0 aliphatic carbocycles. The predicted octanol–water partition coefficient (Wildman–Crippen LogP) is 3.50. The third-order valence-electron chi connectivity index (χ3n) is 4.15. The number of aromatic nitrogens is 2. The van der Waals surface area contributed by atoms with Crippen LogP contribution in [0.1, 0.15) is 41.1 Å². The van der Waals surface area contributed by atoms with Crippen molar-refractivity contribution >= 4 is 23.3 Å². The lowest BCUT2D eigenvalue weighted by Gasteiger charge is -2.28. The molecule has 0 atom stereocenters. The van der Waals surface area contributed by atoms with Crippen LogP contribution in [0.2, 0.25) is 5.02 Å². The molecule has 25 heavy (non-hydrogen) atoms. The largest absolute Gasteiger partial charge is 0.357 e. The fraction of sp³-hybridized carbons (Fsp3) is 0.389. The first-order valence-electron chi connectivity index (χ1n) is 8.36. The Balaban J connectivity index is 1.70. The van der Waals surface area contributed by atoms with E-state index < -0.39 is 5.82 Å². The fourth-order valence-electron chi connectivity index (χ4n) is 2.90. The van der Waals surface area contributed by atoms with Crippen molar-refractivity contribution in [3.05, 3.63) is 52.2 Å².